The molecule has 0 radical (unpaired) electrons. The van der Waals surface area contributed by atoms with Crippen LogP contribution in [0.1, 0.15) is 19.1 Å². The van der Waals surface area contributed by atoms with Crippen LogP contribution in [0, 0.1) is 16.5 Å². The number of thiazole rings is 1. The predicted octanol–water partition coefficient (Wildman–Crippen LogP) is 2.10. The second-order valence-corrected chi connectivity index (χ2v) is 6.99. The molecular formula is C14H16N2O3S2. The Balaban J connectivity index is 1.79. The zero-order chi connectivity index (χ0) is 14.6. The molecule has 1 aliphatic carbocycles. The highest BCUT2D eigenvalue weighted by Gasteiger charge is 2.51. The second-order valence-electron chi connectivity index (χ2n) is 5.75. The van der Waals surface area contributed by atoms with E-state index in [1.54, 1.807) is 5.51 Å². The number of aromatic nitrogens is 2. The maximum atomic E-state index is 10.4. The van der Waals surface area contributed by atoms with E-state index < -0.39 is 12.2 Å². The third-order valence-electron chi connectivity index (χ3n) is 4.46. The van der Waals surface area contributed by atoms with Crippen LogP contribution in [0.25, 0.3) is 10.2 Å². The molecule has 3 heterocycles. The van der Waals surface area contributed by atoms with E-state index in [1.807, 2.05) is 16.8 Å². The van der Waals surface area contributed by atoms with E-state index in [9.17, 15) is 10.2 Å². The molecule has 4 rings (SSSR count). The number of pyridine rings is 1. The van der Waals surface area contributed by atoms with Gasteiger partial charge >= 0.3 is 0 Å². The molecule has 5 nitrogen and oxygen atoms in total. The Bertz CT molecular complexity index is 724. The van der Waals surface area contributed by atoms with Crippen LogP contribution in [-0.4, -0.2) is 38.6 Å². The molecule has 2 aromatic rings. The maximum Gasteiger partial charge on any atom is 0.140 e. The van der Waals surface area contributed by atoms with E-state index in [2.05, 4.69) is 4.98 Å². The van der Waals surface area contributed by atoms with Crippen LogP contribution in [0.2, 0.25) is 0 Å². The van der Waals surface area contributed by atoms with Crippen LogP contribution in [0.4, 0.5) is 0 Å². The topological polar surface area (TPSA) is 67.5 Å². The smallest absolute Gasteiger partial charge is 0.140 e. The number of ether oxygens (including phenoxy) is 1. The molecule has 0 bridgehead atoms. The van der Waals surface area contributed by atoms with Gasteiger partial charge in [-0.1, -0.05) is 12.2 Å². The molecule has 0 amide bonds. The van der Waals surface area contributed by atoms with Crippen molar-refractivity contribution in [1.29, 1.82) is 0 Å². The summed E-state index contributed by atoms with van der Waals surface area (Å²) in [7, 11) is 0. The summed E-state index contributed by atoms with van der Waals surface area (Å²) in [5.74, 6) is 0.458. The number of hydrogen-bond donors (Lipinski definition) is 2. The summed E-state index contributed by atoms with van der Waals surface area (Å²) >= 11 is 7.08. The standard InChI is InChI=1S/C14H16N2O3S2/c17-5-9-11(18)10(7-1-2-7)13(19-9)16-4-3-8-12(14(16)20)21-6-15-8/h3-4,6-7,9-11,13,17-18H,1-2,5H2/t9-,10?,11?,13-/m1/s1. The Morgan fingerprint density at radius 2 is 2.29 bits per heavy atom. The van der Waals surface area contributed by atoms with Crippen LogP contribution in [0.15, 0.2) is 17.8 Å². The van der Waals surface area contributed by atoms with Crippen LogP contribution in [-0.2, 0) is 4.74 Å². The predicted molar refractivity (Wildman–Crippen MR) is 81.7 cm³/mol. The summed E-state index contributed by atoms with van der Waals surface area (Å²) in [6.45, 7) is -0.170. The molecule has 0 aromatic carbocycles. The van der Waals surface area contributed by atoms with Crippen molar-refractivity contribution in [1.82, 2.24) is 9.55 Å². The van der Waals surface area contributed by atoms with Crippen molar-refractivity contribution in [3.8, 4) is 0 Å². The summed E-state index contributed by atoms with van der Waals surface area (Å²) in [6.07, 6.45) is 2.64. The van der Waals surface area contributed by atoms with Crippen molar-refractivity contribution in [2.45, 2.75) is 31.3 Å². The highest BCUT2D eigenvalue weighted by molar-refractivity contribution is 7.71. The number of fused-ring (bicyclic) bond motifs is 1. The third kappa shape index (κ3) is 2.15. The summed E-state index contributed by atoms with van der Waals surface area (Å²) in [6, 6.07) is 1.92. The number of aliphatic hydroxyl groups excluding tert-OH is 2. The van der Waals surface area contributed by atoms with Crippen molar-refractivity contribution in [2.75, 3.05) is 6.61 Å². The van der Waals surface area contributed by atoms with Crippen LogP contribution in [0.5, 0.6) is 0 Å². The van der Waals surface area contributed by atoms with Gasteiger partial charge in [-0.15, -0.1) is 11.3 Å². The summed E-state index contributed by atoms with van der Waals surface area (Å²) in [5.41, 5.74) is 2.67. The minimum atomic E-state index is -0.633. The van der Waals surface area contributed by atoms with E-state index in [4.69, 9.17) is 17.0 Å². The van der Waals surface area contributed by atoms with E-state index in [-0.39, 0.29) is 18.8 Å². The lowest BCUT2D eigenvalue weighted by molar-refractivity contribution is -0.0473. The molecule has 4 atom stereocenters. The molecule has 21 heavy (non-hydrogen) atoms. The molecule has 1 saturated heterocycles. The highest BCUT2D eigenvalue weighted by Crippen LogP contribution is 2.49. The first kappa shape index (κ1) is 13.8. The lowest BCUT2D eigenvalue weighted by Gasteiger charge is -2.22. The van der Waals surface area contributed by atoms with Crippen molar-refractivity contribution in [2.24, 2.45) is 11.8 Å². The van der Waals surface area contributed by atoms with Gasteiger partial charge in [0.25, 0.3) is 0 Å². The molecule has 2 aromatic heterocycles. The normalized spacial score (nSPS) is 32.9. The van der Waals surface area contributed by atoms with Crippen LogP contribution >= 0.6 is 23.6 Å². The highest BCUT2D eigenvalue weighted by atomic mass is 32.1. The molecule has 112 valence electrons. The SMILES string of the molecule is OC[C@H]1O[C@@H](n2ccc3ncsc3c2=S)C(C2CC2)C1O. The van der Waals surface area contributed by atoms with Crippen molar-refractivity contribution >= 4 is 33.8 Å². The van der Waals surface area contributed by atoms with Gasteiger partial charge in [0.2, 0.25) is 0 Å². The lowest BCUT2D eigenvalue weighted by Crippen LogP contribution is -2.30. The molecule has 2 fully saturated rings. The van der Waals surface area contributed by atoms with E-state index in [0.29, 0.717) is 10.6 Å². The van der Waals surface area contributed by atoms with Crippen molar-refractivity contribution in [3.63, 3.8) is 0 Å². The fourth-order valence-electron chi connectivity index (χ4n) is 3.23. The maximum absolute atomic E-state index is 10.4. The number of rotatable bonds is 3. The fourth-order valence-corrected chi connectivity index (χ4v) is 4.36. The Hall–Kier alpha value is -0.860. The largest absolute Gasteiger partial charge is 0.394 e. The first-order chi connectivity index (χ1) is 10.2. The second kappa shape index (κ2) is 5.10. The van der Waals surface area contributed by atoms with Crippen LogP contribution in [0.3, 0.4) is 0 Å². The minimum absolute atomic E-state index is 0.000721. The molecule has 2 aliphatic rings. The summed E-state index contributed by atoms with van der Waals surface area (Å²) < 4.78 is 9.48. The average molecular weight is 324 g/mol. The van der Waals surface area contributed by atoms with Gasteiger partial charge in [-0.25, -0.2) is 4.98 Å². The number of aliphatic hydroxyl groups is 2. The Kier molecular flexibility index (Phi) is 3.35. The van der Waals surface area contributed by atoms with Crippen molar-refractivity contribution in [3.05, 3.63) is 22.4 Å². The van der Waals surface area contributed by atoms with Gasteiger partial charge in [-0.05, 0) is 24.8 Å². The minimum Gasteiger partial charge on any atom is -0.394 e. The first-order valence-corrected chi connectivity index (χ1v) is 8.38. The quantitative estimate of drug-likeness (QED) is 0.847. The van der Waals surface area contributed by atoms with E-state index in [0.717, 1.165) is 23.1 Å². The molecule has 0 spiro atoms. The van der Waals surface area contributed by atoms with Gasteiger partial charge in [0.05, 0.1) is 28.4 Å². The third-order valence-corrected chi connectivity index (χ3v) is 5.85. The van der Waals surface area contributed by atoms with Crippen molar-refractivity contribution < 1.29 is 14.9 Å². The Morgan fingerprint density at radius 1 is 1.48 bits per heavy atom. The van der Waals surface area contributed by atoms with Gasteiger partial charge in [0, 0.05) is 12.1 Å². The first-order valence-electron chi connectivity index (χ1n) is 7.09. The molecule has 7 heteroatoms. The Morgan fingerprint density at radius 3 is 3.00 bits per heavy atom. The van der Waals surface area contributed by atoms with E-state index in [1.165, 1.54) is 11.3 Å². The molecule has 2 unspecified atom stereocenters. The van der Waals surface area contributed by atoms with Gasteiger partial charge < -0.3 is 19.5 Å². The number of hydrogen-bond acceptors (Lipinski definition) is 6. The summed E-state index contributed by atoms with van der Waals surface area (Å²) in [5, 5.41) is 19.8. The van der Waals surface area contributed by atoms with Gasteiger partial charge in [-0.3, -0.25) is 0 Å². The number of nitrogens with zero attached hydrogens (tertiary/aromatic N) is 2. The zero-order valence-electron chi connectivity index (χ0n) is 11.3. The van der Waals surface area contributed by atoms with Gasteiger partial charge in [0.15, 0.2) is 0 Å². The van der Waals surface area contributed by atoms with E-state index >= 15 is 0 Å². The summed E-state index contributed by atoms with van der Waals surface area (Å²) in [4.78, 5) is 4.27. The van der Waals surface area contributed by atoms with Crippen LogP contribution < -0.4 is 0 Å². The fraction of sp³-hybridized carbons (Fsp3) is 0.571. The molecule has 1 saturated carbocycles. The van der Waals surface area contributed by atoms with Gasteiger partial charge in [0.1, 0.15) is 17.0 Å². The monoisotopic (exact) mass is 324 g/mol. The Labute approximate surface area is 130 Å². The lowest BCUT2D eigenvalue weighted by atomic mass is 9.94. The zero-order valence-corrected chi connectivity index (χ0v) is 12.9. The molecular weight excluding hydrogens is 308 g/mol. The van der Waals surface area contributed by atoms with Gasteiger partial charge in [-0.2, -0.15) is 0 Å². The average Bonchev–Trinajstić information content (AvgIpc) is 3.09. The molecule has 1 aliphatic heterocycles. The molecule has 2 N–H and O–H groups in total.